The smallest absolute Gasteiger partial charge is 0.244 e. The van der Waals surface area contributed by atoms with E-state index in [9.17, 15) is 8.42 Å². The van der Waals surface area contributed by atoms with Crippen LogP contribution in [0.4, 0.5) is 5.69 Å². The van der Waals surface area contributed by atoms with E-state index in [-0.39, 0.29) is 26.5 Å². The summed E-state index contributed by atoms with van der Waals surface area (Å²) in [7, 11) is -3.95. The Morgan fingerprint density at radius 2 is 2.10 bits per heavy atom. The molecule has 0 aliphatic rings. The molecule has 2 aromatic rings. The highest BCUT2D eigenvalue weighted by Crippen LogP contribution is 2.31. The molecule has 4 N–H and O–H groups in total. The topological polar surface area (TPSA) is 127 Å². The Hall–Kier alpha value is -1.42. The molecule has 1 aromatic carbocycles. The van der Waals surface area contributed by atoms with Crippen LogP contribution in [-0.2, 0) is 10.0 Å². The summed E-state index contributed by atoms with van der Waals surface area (Å²) >= 11 is 11.6. The highest BCUT2D eigenvalue weighted by molar-refractivity contribution is 7.89. The first-order valence-electron chi connectivity index (χ1n) is 5.31. The van der Waals surface area contributed by atoms with Crippen molar-refractivity contribution in [1.29, 1.82) is 0 Å². The number of sulfonamides is 1. The largest absolute Gasteiger partial charge is 0.398 e. The molecule has 0 saturated carbocycles. The number of rotatable bonds is 4. The number of benzene rings is 1. The van der Waals surface area contributed by atoms with Gasteiger partial charge in [0.1, 0.15) is 4.90 Å². The molecule has 20 heavy (non-hydrogen) atoms. The summed E-state index contributed by atoms with van der Waals surface area (Å²) in [5.41, 5.74) is 5.62. The van der Waals surface area contributed by atoms with E-state index >= 15 is 0 Å². The van der Waals surface area contributed by atoms with Gasteiger partial charge in [-0.25, -0.2) is 13.1 Å². The summed E-state index contributed by atoms with van der Waals surface area (Å²) < 4.78 is 26.9. The lowest BCUT2D eigenvalue weighted by molar-refractivity contribution is 0.560. The molecule has 0 radical (unpaired) electrons. The van der Waals surface area contributed by atoms with Crippen molar-refractivity contribution >= 4 is 38.9 Å². The van der Waals surface area contributed by atoms with Crippen LogP contribution in [0.1, 0.15) is 18.8 Å². The number of H-pyrrole nitrogens is 1. The number of tetrazole rings is 1. The zero-order valence-corrected chi connectivity index (χ0v) is 12.5. The zero-order chi connectivity index (χ0) is 14.9. The molecule has 1 atom stereocenters. The first-order valence-corrected chi connectivity index (χ1v) is 7.55. The van der Waals surface area contributed by atoms with Gasteiger partial charge in [-0.2, -0.15) is 5.21 Å². The number of nitrogens with one attached hydrogen (secondary N) is 2. The number of nitrogen functional groups attached to an aromatic ring is 1. The van der Waals surface area contributed by atoms with Crippen LogP contribution >= 0.6 is 23.2 Å². The molecule has 8 nitrogen and oxygen atoms in total. The van der Waals surface area contributed by atoms with Crippen LogP contribution in [-0.4, -0.2) is 29.0 Å². The van der Waals surface area contributed by atoms with E-state index in [4.69, 9.17) is 28.9 Å². The minimum atomic E-state index is -3.95. The summed E-state index contributed by atoms with van der Waals surface area (Å²) in [5.74, 6) is 0.192. The zero-order valence-electron chi connectivity index (χ0n) is 10.1. The number of nitrogens with zero attached hydrogens (tertiary/aromatic N) is 3. The Labute approximate surface area is 124 Å². The highest BCUT2D eigenvalue weighted by atomic mass is 35.5. The first-order chi connectivity index (χ1) is 9.31. The maximum Gasteiger partial charge on any atom is 0.244 e. The van der Waals surface area contributed by atoms with Gasteiger partial charge in [0.15, 0.2) is 5.82 Å². The lowest BCUT2D eigenvalue weighted by Crippen LogP contribution is -2.28. The van der Waals surface area contributed by atoms with Crippen LogP contribution in [0.5, 0.6) is 0 Å². The predicted octanol–water partition coefficient (Wildman–Crippen LogP) is 1.13. The Kier molecular flexibility index (Phi) is 4.14. The van der Waals surface area contributed by atoms with Crippen molar-refractivity contribution < 1.29 is 8.42 Å². The number of halogens is 2. The molecule has 0 bridgehead atoms. The molecule has 1 aromatic heterocycles. The maximum absolute atomic E-state index is 12.3. The third kappa shape index (κ3) is 3.01. The third-order valence-electron chi connectivity index (χ3n) is 2.39. The lowest BCUT2D eigenvalue weighted by atomic mass is 10.3. The number of hydrogen-bond acceptors (Lipinski definition) is 6. The Bertz CT molecular complexity index is 695. The van der Waals surface area contributed by atoms with E-state index in [1.807, 2.05) is 0 Å². The fourth-order valence-corrected chi connectivity index (χ4v) is 3.75. The highest BCUT2D eigenvalue weighted by Gasteiger charge is 2.25. The van der Waals surface area contributed by atoms with Crippen LogP contribution in [0.15, 0.2) is 17.0 Å². The average Bonchev–Trinajstić information content (AvgIpc) is 2.78. The number of aromatic amines is 1. The Morgan fingerprint density at radius 3 is 2.65 bits per heavy atom. The molecule has 0 amide bonds. The van der Waals surface area contributed by atoms with Gasteiger partial charge in [-0.05, 0) is 19.1 Å². The molecular weight excluding hydrogens is 327 g/mol. The van der Waals surface area contributed by atoms with Crippen LogP contribution in [0.25, 0.3) is 0 Å². The molecule has 0 aliphatic heterocycles. The van der Waals surface area contributed by atoms with Gasteiger partial charge in [0.2, 0.25) is 10.0 Å². The molecule has 11 heteroatoms. The SMILES string of the molecule is CC(NS(=O)(=O)c1c(N)cc(Cl)cc1Cl)c1nn[nH]n1. The van der Waals surface area contributed by atoms with Crippen molar-refractivity contribution in [2.24, 2.45) is 0 Å². The van der Waals surface area contributed by atoms with Gasteiger partial charge in [0, 0.05) is 5.02 Å². The summed E-state index contributed by atoms with van der Waals surface area (Å²) in [6, 6.07) is 1.90. The molecular formula is C9H10Cl2N6O2S. The normalized spacial score (nSPS) is 13.3. The van der Waals surface area contributed by atoms with Gasteiger partial charge in [-0.1, -0.05) is 28.4 Å². The summed E-state index contributed by atoms with van der Waals surface area (Å²) in [5, 5.41) is 13.2. The predicted molar refractivity (Wildman–Crippen MR) is 73.8 cm³/mol. The van der Waals surface area contributed by atoms with Crippen molar-refractivity contribution in [3.05, 3.63) is 28.0 Å². The van der Waals surface area contributed by atoms with Crippen molar-refractivity contribution in [3.63, 3.8) is 0 Å². The molecule has 1 heterocycles. The molecule has 108 valence electrons. The number of anilines is 1. The summed E-state index contributed by atoms with van der Waals surface area (Å²) in [6.07, 6.45) is 0. The Balaban J connectivity index is 2.37. The molecule has 1 unspecified atom stereocenters. The van der Waals surface area contributed by atoms with Crippen LogP contribution < -0.4 is 10.5 Å². The standard InChI is InChI=1S/C9H10Cl2N6O2S/c1-4(9-13-16-17-14-9)15-20(18,19)8-6(11)2-5(10)3-7(8)12/h2-4,15H,12H2,1H3,(H,13,14,16,17). The molecule has 0 fully saturated rings. The third-order valence-corrected chi connectivity index (χ3v) is 4.67. The van der Waals surface area contributed by atoms with E-state index in [1.165, 1.54) is 12.1 Å². The van der Waals surface area contributed by atoms with Crippen LogP contribution in [0.2, 0.25) is 10.0 Å². The van der Waals surface area contributed by atoms with E-state index in [0.29, 0.717) is 0 Å². The van der Waals surface area contributed by atoms with Crippen molar-refractivity contribution in [2.75, 3.05) is 5.73 Å². The van der Waals surface area contributed by atoms with Gasteiger partial charge in [-0.3, -0.25) is 0 Å². The molecule has 0 saturated heterocycles. The monoisotopic (exact) mass is 336 g/mol. The summed E-state index contributed by atoms with van der Waals surface area (Å²) in [4.78, 5) is -0.237. The quantitative estimate of drug-likeness (QED) is 0.718. The molecule has 0 spiro atoms. The lowest BCUT2D eigenvalue weighted by Gasteiger charge is -2.14. The van der Waals surface area contributed by atoms with Gasteiger partial charge in [0.05, 0.1) is 16.8 Å². The van der Waals surface area contributed by atoms with Gasteiger partial charge >= 0.3 is 0 Å². The molecule has 0 aliphatic carbocycles. The Morgan fingerprint density at radius 1 is 1.40 bits per heavy atom. The van der Waals surface area contributed by atoms with E-state index < -0.39 is 16.1 Å². The van der Waals surface area contributed by atoms with Crippen LogP contribution in [0.3, 0.4) is 0 Å². The fraction of sp³-hybridized carbons (Fsp3) is 0.222. The number of nitrogens with two attached hydrogens (primary N) is 1. The van der Waals surface area contributed by atoms with Crippen molar-refractivity contribution in [1.82, 2.24) is 25.3 Å². The second-order valence-corrected chi connectivity index (χ2v) is 6.41. The van der Waals surface area contributed by atoms with Gasteiger partial charge in [0.25, 0.3) is 0 Å². The first kappa shape index (κ1) is 15.0. The van der Waals surface area contributed by atoms with Crippen molar-refractivity contribution in [3.8, 4) is 0 Å². The molecule has 2 rings (SSSR count). The second kappa shape index (κ2) is 5.52. The van der Waals surface area contributed by atoms with Crippen molar-refractivity contribution in [2.45, 2.75) is 17.9 Å². The minimum Gasteiger partial charge on any atom is -0.398 e. The summed E-state index contributed by atoms with van der Waals surface area (Å²) in [6.45, 7) is 1.56. The second-order valence-electron chi connectivity index (χ2n) is 3.92. The fourth-order valence-electron chi connectivity index (χ4n) is 1.56. The van der Waals surface area contributed by atoms with Crippen LogP contribution in [0, 0.1) is 0 Å². The van der Waals surface area contributed by atoms with Gasteiger partial charge in [-0.15, -0.1) is 10.2 Å². The minimum absolute atomic E-state index is 0.0460. The average molecular weight is 337 g/mol. The number of aromatic nitrogens is 4. The van der Waals surface area contributed by atoms with E-state index in [1.54, 1.807) is 6.92 Å². The van der Waals surface area contributed by atoms with E-state index in [2.05, 4.69) is 25.3 Å². The maximum atomic E-state index is 12.3. The van der Waals surface area contributed by atoms with E-state index in [0.717, 1.165) is 0 Å². The van der Waals surface area contributed by atoms with Gasteiger partial charge < -0.3 is 5.73 Å². The number of hydrogen-bond donors (Lipinski definition) is 3.